The van der Waals surface area contributed by atoms with Crippen LogP contribution >= 0.6 is 46.4 Å². The molecular weight excluding hydrogens is 1050 g/mol. The number of carbonyl (C=O) groups is 9. The van der Waals surface area contributed by atoms with E-state index in [1.165, 1.54) is 86.6 Å². The largest absolute Gasteiger partial charge is 0.425 e. The van der Waals surface area contributed by atoms with Crippen LogP contribution in [0.3, 0.4) is 0 Å². The third kappa shape index (κ3) is 7.24. The Balaban J connectivity index is 0.000000161. The van der Waals surface area contributed by atoms with E-state index in [1.807, 2.05) is 0 Å². The molecule has 4 aliphatic heterocycles. The molecule has 376 valence electrons. The highest BCUT2D eigenvalue weighted by Crippen LogP contribution is 2.65. The van der Waals surface area contributed by atoms with Gasteiger partial charge >= 0.3 is 5.97 Å². The van der Waals surface area contributed by atoms with Crippen LogP contribution in [0.5, 0.6) is 0 Å². The van der Waals surface area contributed by atoms with Crippen LogP contribution in [0.2, 0.25) is 20.1 Å². The van der Waals surface area contributed by atoms with Crippen LogP contribution in [-0.4, -0.2) is 68.9 Å². The molecule has 3 amide bonds. The number of fused-ring (bicyclic) bond motifs is 5. The summed E-state index contributed by atoms with van der Waals surface area (Å²) in [4.78, 5) is 121. The van der Waals surface area contributed by atoms with Gasteiger partial charge in [0, 0.05) is 39.1 Å². The molecular formula is C56H36Cl4N2O13. The summed E-state index contributed by atoms with van der Waals surface area (Å²) in [6, 6.07) is 33.9. The minimum Gasteiger partial charge on any atom is -0.425 e. The van der Waals surface area contributed by atoms with E-state index in [0.717, 1.165) is 4.90 Å². The van der Waals surface area contributed by atoms with Gasteiger partial charge in [0.1, 0.15) is 5.92 Å². The molecule has 6 aromatic carbocycles. The summed E-state index contributed by atoms with van der Waals surface area (Å²) in [5, 5.41) is 15.4. The fourth-order valence-electron chi connectivity index (χ4n) is 11.3. The van der Waals surface area contributed by atoms with Gasteiger partial charge in [-0.15, -0.1) is 0 Å². The Morgan fingerprint density at radius 1 is 0.573 bits per heavy atom. The lowest BCUT2D eigenvalue weighted by molar-refractivity contribution is -0.253. The number of benzene rings is 6. The van der Waals surface area contributed by atoms with Crippen molar-refractivity contribution in [3.05, 3.63) is 198 Å². The van der Waals surface area contributed by atoms with Crippen molar-refractivity contribution in [3.8, 4) is 0 Å². The summed E-state index contributed by atoms with van der Waals surface area (Å²) in [6.45, 7) is 2.83. The number of ether oxygens (including phenoxy) is 3. The van der Waals surface area contributed by atoms with Gasteiger partial charge in [-0.1, -0.05) is 107 Å². The molecule has 8 atom stereocenters. The third-order valence-corrected chi connectivity index (χ3v) is 16.3. The number of carbonyl (C=O) groups excluding carboxylic acids is 9. The van der Waals surface area contributed by atoms with Crippen molar-refractivity contribution in [3.63, 3.8) is 0 Å². The molecule has 15 nitrogen and oxygen atoms in total. The Hall–Kier alpha value is -7.21. The molecule has 2 spiro atoms. The molecule has 8 unspecified atom stereocenters. The number of rotatable bonds is 7. The van der Waals surface area contributed by atoms with E-state index in [-0.39, 0.29) is 59.6 Å². The summed E-state index contributed by atoms with van der Waals surface area (Å²) < 4.78 is 18.0. The SMILES string of the molecule is CC(=O)c1ccc(N2C(=O)C3C(c4ccc(Cl)c(Cl)c4)OC4(C(=O)c5ccccc5C4=O)C3C2=O)cc1.CC(=O)c1ccc(NC(=O)C2C(c3ccc(Cl)c(Cl)c3)OC34C(=O)c5ccccc5C3(O)OC(=O)C24)cc1. The van der Waals surface area contributed by atoms with Crippen LogP contribution in [0.1, 0.15) is 94.5 Å². The quantitative estimate of drug-likeness (QED) is 0.0660. The Labute approximate surface area is 445 Å². The molecule has 19 heteroatoms. The number of aliphatic hydroxyl groups is 1. The van der Waals surface area contributed by atoms with E-state index in [1.54, 1.807) is 60.7 Å². The van der Waals surface area contributed by atoms with Gasteiger partial charge in [-0.3, -0.25) is 43.2 Å². The van der Waals surface area contributed by atoms with Gasteiger partial charge in [-0.2, -0.15) is 0 Å². The lowest BCUT2D eigenvalue weighted by Crippen LogP contribution is -2.53. The molecule has 0 radical (unpaired) electrons. The topological polar surface area (TPSA) is 217 Å². The molecule has 6 aliphatic rings. The zero-order valence-electron chi connectivity index (χ0n) is 39.0. The molecule has 4 saturated heterocycles. The Bertz CT molecular complexity index is 3550. The first kappa shape index (κ1) is 50.0. The first-order valence-corrected chi connectivity index (χ1v) is 24.7. The van der Waals surface area contributed by atoms with Crippen LogP contribution in [0.4, 0.5) is 11.4 Å². The number of anilines is 2. The molecule has 12 rings (SSSR count). The zero-order chi connectivity index (χ0) is 53.2. The van der Waals surface area contributed by atoms with Crippen LogP contribution < -0.4 is 10.2 Å². The number of nitrogens with one attached hydrogen (secondary N) is 1. The number of amides is 3. The first-order valence-electron chi connectivity index (χ1n) is 23.2. The third-order valence-electron chi connectivity index (χ3n) is 14.8. The van der Waals surface area contributed by atoms with Crippen LogP contribution in [0.25, 0.3) is 0 Å². The zero-order valence-corrected chi connectivity index (χ0v) is 42.0. The molecule has 0 bridgehead atoms. The minimum atomic E-state index is -2.42. The number of halogens is 4. The summed E-state index contributed by atoms with van der Waals surface area (Å²) in [5.41, 5.74) is -1.61. The summed E-state index contributed by atoms with van der Waals surface area (Å²) in [6.07, 6.45) is -2.27. The fraction of sp³-hybridized carbons (Fsp3) is 0.196. The van der Waals surface area contributed by atoms with Crippen LogP contribution in [0.15, 0.2) is 133 Å². The highest BCUT2D eigenvalue weighted by atomic mass is 35.5. The van der Waals surface area contributed by atoms with Gasteiger partial charge in [0.2, 0.25) is 46.3 Å². The van der Waals surface area contributed by atoms with Crippen molar-refractivity contribution in [2.24, 2.45) is 23.7 Å². The Kier molecular flexibility index (Phi) is 12.0. The lowest BCUT2D eigenvalue weighted by atomic mass is 9.75. The summed E-state index contributed by atoms with van der Waals surface area (Å²) in [7, 11) is 0. The number of Topliss-reactive ketones (excluding diaryl/α,β-unsaturated/α-hetero) is 5. The van der Waals surface area contributed by atoms with E-state index in [4.69, 9.17) is 60.6 Å². The van der Waals surface area contributed by atoms with E-state index in [9.17, 15) is 48.3 Å². The van der Waals surface area contributed by atoms with Crippen LogP contribution in [0, 0.1) is 23.7 Å². The monoisotopic (exact) mass is 1080 g/mol. The summed E-state index contributed by atoms with van der Waals surface area (Å²) >= 11 is 24.7. The standard InChI is InChI=1S/C28H19Cl2NO7.C28H17Cl2NO6/c1-13(32)14-6-9-16(10-7-14)31-25(34)21-22-26(35)38-28(36)18-5-3-2-4-17(18)24(33)27(22,28)37-23(21)15-8-11-19(29)20(30)12-15;1-13(32)14-6-9-16(10-7-14)31-26(35)21-22(27(31)36)28(24(33)17-4-2-3-5-18(17)25(28)34)37-23(21)15-8-11-19(29)20(30)12-15/h2-12,21-23,36H,1H3,(H,31,34);2-12,21-23H,1H3. The molecule has 0 aromatic heterocycles. The number of ketones is 5. The van der Waals surface area contributed by atoms with Crippen molar-refractivity contribution in [1.29, 1.82) is 0 Å². The second-order valence-electron chi connectivity index (χ2n) is 18.8. The molecule has 4 heterocycles. The van der Waals surface area contributed by atoms with Crippen molar-refractivity contribution in [2.45, 2.75) is 43.0 Å². The normalized spacial score (nSPS) is 26.3. The maximum absolute atomic E-state index is 13.9. The lowest BCUT2D eigenvalue weighted by Gasteiger charge is -2.31. The number of hydrogen-bond acceptors (Lipinski definition) is 13. The van der Waals surface area contributed by atoms with Crippen molar-refractivity contribution in [2.75, 3.05) is 10.2 Å². The number of esters is 1. The second kappa shape index (κ2) is 18.0. The van der Waals surface area contributed by atoms with Crippen LogP contribution in [-0.2, 0) is 39.2 Å². The van der Waals surface area contributed by atoms with Crippen molar-refractivity contribution >= 4 is 110 Å². The molecule has 2 N–H and O–H groups in total. The van der Waals surface area contributed by atoms with Crippen molar-refractivity contribution in [1.82, 2.24) is 0 Å². The maximum atomic E-state index is 13.9. The second-order valence-corrected chi connectivity index (χ2v) is 20.4. The van der Waals surface area contributed by atoms with Gasteiger partial charge < -0.3 is 24.6 Å². The smallest absolute Gasteiger partial charge is 0.316 e. The predicted molar refractivity (Wildman–Crippen MR) is 270 cm³/mol. The fourth-order valence-corrected chi connectivity index (χ4v) is 11.9. The molecule has 0 saturated carbocycles. The predicted octanol–water partition coefficient (Wildman–Crippen LogP) is 9.37. The molecule has 6 aromatic rings. The van der Waals surface area contributed by atoms with E-state index >= 15 is 0 Å². The number of nitrogens with zero attached hydrogens (tertiary/aromatic N) is 1. The van der Waals surface area contributed by atoms with Gasteiger partial charge in [-0.05, 0) is 97.8 Å². The molecule has 75 heavy (non-hydrogen) atoms. The van der Waals surface area contributed by atoms with E-state index in [2.05, 4.69) is 5.32 Å². The van der Waals surface area contributed by atoms with Gasteiger partial charge in [-0.25, -0.2) is 4.90 Å². The Morgan fingerprint density at radius 2 is 1.09 bits per heavy atom. The summed E-state index contributed by atoms with van der Waals surface area (Å²) in [5.74, 6) is -12.9. The average molecular weight is 1090 g/mol. The highest BCUT2D eigenvalue weighted by molar-refractivity contribution is 6.42. The van der Waals surface area contributed by atoms with E-state index < -0.39 is 93.9 Å². The first-order chi connectivity index (χ1) is 35.7. The van der Waals surface area contributed by atoms with Crippen molar-refractivity contribution < 1.29 is 62.5 Å². The highest BCUT2D eigenvalue weighted by Gasteiger charge is 2.83. The van der Waals surface area contributed by atoms with Gasteiger partial charge in [0.25, 0.3) is 5.79 Å². The molecule has 2 aliphatic carbocycles. The number of hydrogen-bond donors (Lipinski definition) is 2. The Morgan fingerprint density at radius 3 is 1.64 bits per heavy atom. The van der Waals surface area contributed by atoms with Gasteiger partial charge in [0.15, 0.2) is 11.6 Å². The molecule has 4 fully saturated rings. The van der Waals surface area contributed by atoms with E-state index in [0.29, 0.717) is 27.9 Å². The maximum Gasteiger partial charge on any atom is 0.316 e. The van der Waals surface area contributed by atoms with Gasteiger partial charge in [0.05, 0.1) is 55.7 Å². The minimum absolute atomic E-state index is 0.0922. The number of imide groups is 1. The average Bonchev–Trinajstić information content (AvgIpc) is 4.32.